The molecular formula is C37H45N2P. The van der Waals surface area contributed by atoms with Crippen molar-refractivity contribution in [3.8, 4) is 0 Å². The van der Waals surface area contributed by atoms with E-state index >= 15 is 0 Å². The second-order valence-electron chi connectivity index (χ2n) is 12.7. The normalized spacial score (nSPS) is 24.0. The molecule has 2 atom stereocenters. The molecule has 0 radical (unpaired) electrons. The lowest BCUT2D eigenvalue weighted by molar-refractivity contribution is 0.487. The fourth-order valence-electron chi connectivity index (χ4n) is 8.14. The second kappa shape index (κ2) is 12.2. The number of hydrogen-bond donors (Lipinski definition) is 1. The van der Waals surface area contributed by atoms with Crippen LogP contribution < -0.4 is 10.6 Å². The van der Waals surface area contributed by atoms with Gasteiger partial charge < -0.3 is 5.32 Å². The summed E-state index contributed by atoms with van der Waals surface area (Å²) in [5, 5.41) is 5.83. The van der Waals surface area contributed by atoms with Crippen molar-refractivity contribution < 1.29 is 0 Å². The van der Waals surface area contributed by atoms with Gasteiger partial charge in [-0.15, -0.1) is 0 Å². The van der Waals surface area contributed by atoms with Crippen LogP contribution in [-0.2, 0) is 12.8 Å². The van der Waals surface area contributed by atoms with Crippen LogP contribution in [0.25, 0.3) is 0 Å². The number of benzene rings is 3. The molecule has 1 N–H and O–H groups in total. The van der Waals surface area contributed by atoms with Crippen LogP contribution >= 0.6 is 7.92 Å². The van der Waals surface area contributed by atoms with Gasteiger partial charge in [0.25, 0.3) is 0 Å². The minimum absolute atomic E-state index is 0.0954. The van der Waals surface area contributed by atoms with Crippen molar-refractivity contribution >= 4 is 19.1 Å². The topological polar surface area (TPSA) is 24.4 Å². The predicted octanol–water partition coefficient (Wildman–Crippen LogP) is 9.17. The Morgan fingerprint density at radius 2 is 1.20 bits per heavy atom. The molecule has 0 unspecified atom stereocenters. The van der Waals surface area contributed by atoms with E-state index in [1.165, 1.54) is 107 Å². The SMILES string of the molecule is c1ccc([C@@H]2N=C(c3ccc4c(c3P(C3CCCCC3)C3CCCCC3)CCCC4)N[C@H]2c2ccccc2)cc1. The summed E-state index contributed by atoms with van der Waals surface area (Å²) in [7, 11) is -0.202. The number of nitrogens with zero attached hydrogens (tertiary/aromatic N) is 1. The Bertz CT molecular complexity index is 1290. The van der Waals surface area contributed by atoms with E-state index in [4.69, 9.17) is 4.99 Å². The highest BCUT2D eigenvalue weighted by molar-refractivity contribution is 7.67. The van der Waals surface area contributed by atoms with E-state index in [9.17, 15) is 0 Å². The highest BCUT2D eigenvalue weighted by Gasteiger charge is 2.39. The van der Waals surface area contributed by atoms with Gasteiger partial charge >= 0.3 is 0 Å². The summed E-state index contributed by atoms with van der Waals surface area (Å²) in [6.07, 6.45) is 19.7. The average molecular weight is 549 g/mol. The fraction of sp³-hybridized carbons (Fsp3) is 0.486. The molecule has 0 saturated heterocycles. The second-order valence-corrected chi connectivity index (χ2v) is 15.4. The van der Waals surface area contributed by atoms with Crippen LogP contribution in [0, 0.1) is 0 Å². The number of aryl methyl sites for hydroxylation is 1. The van der Waals surface area contributed by atoms with E-state index in [1.54, 1.807) is 16.4 Å². The summed E-state index contributed by atoms with van der Waals surface area (Å²) in [6, 6.07) is 27.3. The first-order valence-corrected chi connectivity index (χ1v) is 17.7. The summed E-state index contributed by atoms with van der Waals surface area (Å²) in [5.74, 6) is 1.16. The third-order valence-electron chi connectivity index (χ3n) is 10.1. The van der Waals surface area contributed by atoms with Crippen molar-refractivity contribution in [2.75, 3.05) is 0 Å². The maximum atomic E-state index is 5.58. The van der Waals surface area contributed by atoms with Gasteiger partial charge in [-0.05, 0) is 90.2 Å². The molecule has 1 aliphatic heterocycles. The van der Waals surface area contributed by atoms with Gasteiger partial charge in [-0.1, -0.05) is 119 Å². The van der Waals surface area contributed by atoms with E-state index in [0.29, 0.717) is 0 Å². The quantitative estimate of drug-likeness (QED) is 0.305. The van der Waals surface area contributed by atoms with Gasteiger partial charge in [-0.3, -0.25) is 4.99 Å². The van der Waals surface area contributed by atoms with Crippen LogP contribution in [0.5, 0.6) is 0 Å². The Morgan fingerprint density at radius 3 is 1.85 bits per heavy atom. The summed E-state index contributed by atoms with van der Waals surface area (Å²) < 4.78 is 0. The number of amidine groups is 1. The fourth-order valence-corrected chi connectivity index (χ4v) is 12.3. The van der Waals surface area contributed by atoms with Gasteiger partial charge in [-0.25, -0.2) is 0 Å². The lowest BCUT2D eigenvalue weighted by Gasteiger charge is -2.41. The van der Waals surface area contributed by atoms with E-state index in [-0.39, 0.29) is 20.0 Å². The molecule has 2 fully saturated rings. The van der Waals surface area contributed by atoms with Crippen LogP contribution in [0.1, 0.15) is 117 Å². The van der Waals surface area contributed by atoms with Crippen LogP contribution in [0.4, 0.5) is 0 Å². The van der Waals surface area contributed by atoms with Crippen LogP contribution in [0.3, 0.4) is 0 Å². The molecule has 7 rings (SSSR count). The maximum absolute atomic E-state index is 5.58. The van der Waals surface area contributed by atoms with Crippen molar-refractivity contribution in [3.05, 3.63) is 101 Å². The van der Waals surface area contributed by atoms with Crippen molar-refractivity contribution in [1.82, 2.24) is 5.32 Å². The minimum Gasteiger partial charge on any atom is -0.361 e. The molecule has 1 heterocycles. The Morgan fingerprint density at radius 1 is 0.600 bits per heavy atom. The van der Waals surface area contributed by atoms with Crippen molar-refractivity contribution in [2.45, 2.75) is 113 Å². The molecule has 40 heavy (non-hydrogen) atoms. The van der Waals surface area contributed by atoms with Crippen LogP contribution in [0.15, 0.2) is 77.8 Å². The first-order chi connectivity index (χ1) is 19.9. The van der Waals surface area contributed by atoms with Crippen LogP contribution in [-0.4, -0.2) is 17.2 Å². The third kappa shape index (κ3) is 5.30. The first-order valence-electron chi connectivity index (χ1n) is 16.2. The van der Waals surface area contributed by atoms with Crippen LogP contribution in [0.2, 0.25) is 0 Å². The summed E-state index contributed by atoms with van der Waals surface area (Å²) in [4.78, 5) is 5.58. The zero-order valence-electron chi connectivity index (χ0n) is 24.0. The molecular weight excluding hydrogens is 503 g/mol. The van der Waals surface area contributed by atoms with Gasteiger partial charge in [0.15, 0.2) is 0 Å². The van der Waals surface area contributed by atoms with Gasteiger partial charge in [0.2, 0.25) is 0 Å². The number of fused-ring (bicyclic) bond motifs is 1. The predicted molar refractivity (Wildman–Crippen MR) is 171 cm³/mol. The standard InChI is InChI=1S/C37H45N2P/c1-5-16-28(17-6-1)34-35(29-18-7-2-8-19-29)39-37(38-34)33-26-25-27-15-13-14-24-32(27)36(33)40(30-20-9-3-10-21-30)31-22-11-4-12-23-31/h1-2,5-8,16-19,25-26,30-31,34-35H,3-4,9-15,20-24H2,(H,38,39)/t34-,35-/m0/s1. The lowest BCUT2D eigenvalue weighted by Crippen LogP contribution is -2.35. The van der Waals surface area contributed by atoms with Gasteiger partial charge in [0.05, 0.1) is 6.04 Å². The Balaban J connectivity index is 1.37. The van der Waals surface area contributed by atoms with E-state index in [1.807, 2.05) is 0 Å². The summed E-state index contributed by atoms with van der Waals surface area (Å²) in [6.45, 7) is 0. The monoisotopic (exact) mass is 548 g/mol. The highest BCUT2D eigenvalue weighted by Crippen LogP contribution is 2.57. The molecule has 2 nitrogen and oxygen atoms in total. The summed E-state index contributed by atoms with van der Waals surface area (Å²) >= 11 is 0. The Labute approximate surface area is 242 Å². The Kier molecular flexibility index (Phi) is 8.07. The molecule has 3 aromatic carbocycles. The number of aliphatic imine (C=N–C) groups is 1. The number of hydrogen-bond acceptors (Lipinski definition) is 2. The molecule has 3 aromatic rings. The van der Waals surface area contributed by atoms with E-state index in [2.05, 4.69) is 78.1 Å². The summed E-state index contributed by atoms with van der Waals surface area (Å²) in [5.41, 5.74) is 9.29. The zero-order chi connectivity index (χ0) is 26.7. The molecule has 3 heteroatoms. The third-order valence-corrected chi connectivity index (χ3v) is 13.8. The van der Waals surface area contributed by atoms with Crippen molar-refractivity contribution in [3.63, 3.8) is 0 Å². The molecule has 0 spiro atoms. The smallest absolute Gasteiger partial charge is 0.130 e. The van der Waals surface area contributed by atoms with E-state index in [0.717, 1.165) is 17.2 Å². The first kappa shape index (κ1) is 26.5. The highest BCUT2D eigenvalue weighted by atomic mass is 31.1. The number of nitrogens with one attached hydrogen (secondary N) is 1. The lowest BCUT2D eigenvalue weighted by atomic mass is 9.90. The molecule has 0 amide bonds. The van der Waals surface area contributed by atoms with Crippen molar-refractivity contribution in [2.24, 2.45) is 4.99 Å². The van der Waals surface area contributed by atoms with E-state index < -0.39 is 0 Å². The molecule has 208 valence electrons. The zero-order valence-corrected chi connectivity index (χ0v) is 24.9. The van der Waals surface area contributed by atoms with Gasteiger partial charge in [-0.2, -0.15) is 0 Å². The molecule has 0 aromatic heterocycles. The Hall–Kier alpha value is -2.44. The maximum Gasteiger partial charge on any atom is 0.130 e. The van der Waals surface area contributed by atoms with Crippen molar-refractivity contribution in [1.29, 1.82) is 0 Å². The molecule has 2 saturated carbocycles. The molecule has 4 aliphatic rings. The van der Waals surface area contributed by atoms with Gasteiger partial charge in [0, 0.05) is 5.56 Å². The molecule has 0 bridgehead atoms. The minimum atomic E-state index is -0.202. The molecule has 3 aliphatic carbocycles. The number of rotatable bonds is 6. The largest absolute Gasteiger partial charge is 0.361 e. The average Bonchev–Trinajstić information content (AvgIpc) is 3.49. The van der Waals surface area contributed by atoms with Gasteiger partial charge in [0.1, 0.15) is 11.9 Å².